The predicted octanol–water partition coefficient (Wildman–Crippen LogP) is 4.31. The fourth-order valence-electron chi connectivity index (χ4n) is 3.70. The fourth-order valence-corrected chi connectivity index (χ4v) is 3.70. The number of amides is 1. The van der Waals surface area contributed by atoms with Gasteiger partial charge in [0, 0.05) is 50.2 Å². The van der Waals surface area contributed by atoms with E-state index in [4.69, 9.17) is 9.47 Å². The Morgan fingerprint density at radius 1 is 1.07 bits per heavy atom. The maximum absolute atomic E-state index is 12.2. The number of nitrogens with zero attached hydrogens (tertiary/aromatic N) is 2. The van der Waals surface area contributed by atoms with Crippen LogP contribution in [0.1, 0.15) is 19.8 Å². The zero-order chi connectivity index (χ0) is 20.2. The van der Waals surface area contributed by atoms with Crippen molar-refractivity contribution in [3.05, 3.63) is 60.8 Å². The van der Waals surface area contributed by atoms with Crippen molar-refractivity contribution in [1.29, 1.82) is 0 Å². The molecular weight excluding hydrogens is 364 g/mol. The van der Waals surface area contributed by atoms with Crippen LogP contribution in [0, 0.1) is 0 Å². The van der Waals surface area contributed by atoms with Crippen LogP contribution in [-0.2, 0) is 9.53 Å². The average molecular weight is 390 g/mol. The Bertz CT molecular complexity index is 979. The first-order valence-electron chi connectivity index (χ1n) is 10.1. The van der Waals surface area contributed by atoms with E-state index in [1.54, 1.807) is 14.0 Å². The van der Waals surface area contributed by atoms with Crippen LogP contribution >= 0.6 is 0 Å². The van der Waals surface area contributed by atoms with Crippen LogP contribution in [0.25, 0.3) is 22.0 Å². The third kappa shape index (κ3) is 4.40. The lowest BCUT2D eigenvalue weighted by atomic mass is 10.0. The molecule has 1 saturated heterocycles. The highest BCUT2D eigenvalue weighted by Crippen LogP contribution is 2.26. The average Bonchev–Trinajstić information content (AvgIpc) is 2.79. The molecule has 1 fully saturated rings. The molecule has 1 atom stereocenters. The molecule has 0 saturated carbocycles. The molecule has 1 aromatic heterocycles. The van der Waals surface area contributed by atoms with E-state index in [9.17, 15) is 4.79 Å². The number of aromatic nitrogens is 1. The van der Waals surface area contributed by atoms with E-state index in [2.05, 4.69) is 29.2 Å². The molecule has 29 heavy (non-hydrogen) atoms. The van der Waals surface area contributed by atoms with Gasteiger partial charge in [0.1, 0.15) is 18.0 Å². The topological polar surface area (TPSA) is 51.7 Å². The van der Waals surface area contributed by atoms with Crippen LogP contribution in [0.15, 0.2) is 60.8 Å². The third-order valence-corrected chi connectivity index (χ3v) is 5.54. The van der Waals surface area contributed by atoms with Crippen LogP contribution in [0.3, 0.4) is 0 Å². The highest BCUT2D eigenvalue weighted by atomic mass is 16.5. The number of piperidine rings is 1. The monoisotopic (exact) mass is 390 g/mol. The van der Waals surface area contributed by atoms with Gasteiger partial charge in [0.15, 0.2) is 0 Å². The van der Waals surface area contributed by atoms with Crippen LogP contribution in [0.4, 0.5) is 0 Å². The van der Waals surface area contributed by atoms with Crippen molar-refractivity contribution in [3.8, 4) is 16.9 Å². The molecule has 2 heterocycles. The summed E-state index contributed by atoms with van der Waals surface area (Å²) in [7, 11) is 1.57. The van der Waals surface area contributed by atoms with Crippen molar-refractivity contribution in [2.45, 2.75) is 32.0 Å². The summed E-state index contributed by atoms with van der Waals surface area (Å²) in [5.41, 5.74) is 3.21. The van der Waals surface area contributed by atoms with Crippen molar-refractivity contribution in [3.63, 3.8) is 0 Å². The highest BCUT2D eigenvalue weighted by molar-refractivity contribution is 5.83. The van der Waals surface area contributed by atoms with Gasteiger partial charge >= 0.3 is 0 Å². The lowest BCUT2D eigenvalue weighted by Crippen LogP contribution is -2.45. The second kappa shape index (κ2) is 8.62. The molecule has 5 heteroatoms. The number of para-hydroxylation sites is 1. The van der Waals surface area contributed by atoms with Gasteiger partial charge in [-0.3, -0.25) is 9.78 Å². The normalized spacial score (nSPS) is 16.0. The van der Waals surface area contributed by atoms with Crippen molar-refractivity contribution in [1.82, 2.24) is 9.88 Å². The summed E-state index contributed by atoms with van der Waals surface area (Å²) in [6.07, 6.45) is 3.32. The molecule has 0 radical (unpaired) electrons. The Kier molecular flexibility index (Phi) is 5.76. The number of hydrogen-bond donors (Lipinski definition) is 0. The summed E-state index contributed by atoms with van der Waals surface area (Å²) in [5, 5.41) is 1.13. The minimum Gasteiger partial charge on any atom is -0.490 e. The molecule has 0 bridgehead atoms. The number of rotatable bonds is 5. The zero-order valence-electron chi connectivity index (χ0n) is 16.9. The van der Waals surface area contributed by atoms with E-state index in [0.717, 1.165) is 40.6 Å². The molecule has 1 aliphatic heterocycles. The number of methoxy groups -OCH3 is 1. The quantitative estimate of drug-likeness (QED) is 0.652. The number of carbonyl (C=O) groups is 1. The van der Waals surface area contributed by atoms with E-state index in [1.807, 2.05) is 41.4 Å². The van der Waals surface area contributed by atoms with Crippen molar-refractivity contribution in [2.75, 3.05) is 20.2 Å². The van der Waals surface area contributed by atoms with E-state index in [0.29, 0.717) is 13.1 Å². The Labute approximate surface area is 171 Å². The lowest BCUT2D eigenvalue weighted by Gasteiger charge is -2.33. The molecule has 1 amide bonds. The van der Waals surface area contributed by atoms with Crippen LogP contribution in [0.2, 0.25) is 0 Å². The Balaban J connectivity index is 1.37. The first-order chi connectivity index (χ1) is 14.1. The van der Waals surface area contributed by atoms with Crippen LogP contribution in [0.5, 0.6) is 5.75 Å². The molecule has 5 nitrogen and oxygen atoms in total. The smallest absolute Gasteiger partial charge is 0.251 e. The number of likely N-dealkylation sites (tertiary alicyclic amines) is 1. The maximum atomic E-state index is 12.2. The van der Waals surface area contributed by atoms with Crippen molar-refractivity contribution < 1.29 is 14.3 Å². The van der Waals surface area contributed by atoms with E-state index >= 15 is 0 Å². The number of benzene rings is 2. The van der Waals surface area contributed by atoms with Gasteiger partial charge in [-0.05, 0) is 36.8 Å². The molecule has 0 unspecified atom stereocenters. The molecular formula is C24H26N2O3. The summed E-state index contributed by atoms with van der Waals surface area (Å²) in [6.45, 7) is 3.20. The zero-order valence-corrected chi connectivity index (χ0v) is 16.9. The number of fused-ring (bicyclic) bond motifs is 1. The molecule has 4 rings (SSSR count). The SMILES string of the molecule is CO[C@@H](C)C(=O)N1CCC(Oc2ccc(-c3cnc4ccccc4c3)cc2)CC1. The summed E-state index contributed by atoms with van der Waals surface area (Å²) in [6, 6.07) is 18.4. The van der Waals surface area contributed by atoms with Crippen molar-refractivity contribution in [2.24, 2.45) is 0 Å². The summed E-state index contributed by atoms with van der Waals surface area (Å²) < 4.78 is 11.3. The van der Waals surface area contributed by atoms with Gasteiger partial charge in [-0.2, -0.15) is 0 Å². The summed E-state index contributed by atoms with van der Waals surface area (Å²) >= 11 is 0. The highest BCUT2D eigenvalue weighted by Gasteiger charge is 2.26. The van der Waals surface area contributed by atoms with Gasteiger partial charge in [-0.25, -0.2) is 0 Å². The molecule has 2 aromatic carbocycles. The summed E-state index contributed by atoms with van der Waals surface area (Å²) in [4.78, 5) is 18.6. The lowest BCUT2D eigenvalue weighted by molar-refractivity contribution is -0.142. The number of ether oxygens (including phenoxy) is 2. The second-order valence-corrected chi connectivity index (χ2v) is 7.46. The van der Waals surface area contributed by atoms with Crippen LogP contribution < -0.4 is 4.74 Å². The number of hydrogen-bond acceptors (Lipinski definition) is 4. The molecule has 1 aliphatic rings. The first kappa shape index (κ1) is 19.4. The number of carbonyl (C=O) groups excluding carboxylic acids is 1. The standard InChI is InChI=1S/C24H26N2O3/c1-17(28-2)24(27)26-13-11-22(12-14-26)29-21-9-7-18(8-10-21)20-15-19-5-3-4-6-23(19)25-16-20/h3-10,15-17,22H,11-14H2,1-2H3/t17-/m0/s1. The van der Waals surface area contributed by atoms with E-state index in [-0.39, 0.29) is 18.1 Å². The van der Waals surface area contributed by atoms with Gasteiger partial charge in [0.2, 0.25) is 0 Å². The van der Waals surface area contributed by atoms with E-state index in [1.165, 1.54) is 0 Å². The van der Waals surface area contributed by atoms with E-state index < -0.39 is 0 Å². The number of pyridine rings is 1. The predicted molar refractivity (Wildman–Crippen MR) is 114 cm³/mol. The third-order valence-electron chi connectivity index (χ3n) is 5.54. The Hall–Kier alpha value is -2.92. The first-order valence-corrected chi connectivity index (χ1v) is 10.1. The van der Waals surface area contributed by atoms with Gasteiger partial charge in [0.05, 0.1) is 5.52 Å². The fraction of sp³-hybridized carbons (Fsp3) is 0.333. The van der Waals surface area contributed by atoms with Gasteiger partial charge < -0.3 is 14.4 Å². The van der Waals surface area contributed by atoms with Crippen molar-refractivity contribution >= 4 is 16.8 Å². The van der Waals surface area contributed by atoms with Crippen LogP contribution in [-0.4, -0.2) is 48.2 Å². The molecule has 0 N–H and O–H groups in total. The minimum absolute atomic E-state index is 0.0549. The van der Waals surface area contributed by atoms with Gasteiger partial charge in [-0.1, -0.05) is 30.3 Å². The minimum atomic E-state index is -0.385. The van der Waals surface area contributed by atoms with Gasteiger partial charge in [0.25, 0.3) is 5.91 Å². The molecule has 3 aromatic rings. The maximum Gasteiger partial charge on any atom is 0.251 e. The molecule has 0 spiro atoms. The Morgan fingerprint density at radius 3 is 2.52 bits per heavy atom. The summed E-state index contributed by atoms with van der Waals surface area (Å²) in [5.74, 6) is 0.914. The molecule has 150 valence electrons. The van der Waals surface area contributed by atoms with Gasteiger partial charge in [-0.15, -0.1) is 0 Å². The largest absolute Gasteiger partial charge is 0.490 e. The second-order valence-electron chi connectivity index (χ2n) is 7.46. The molecule has 0 aliphatic carbocycles. The Morgan fingerprint density at radius 2 is 1.79 bits per heavy atom.